The lowest BCUT2D eigenvalue weighted by Crippen LogP contribution is -2.37. The van der Waals surface area contributed by atoms with E-state index in [1.165, 1.54) is 0 Å². The topological polar surface area (TPSA) is 156 Å². The summed E-state index contributed by atoms with van der Waals surface area (Å²) in [5.74, 6) is -1.54. The maximum atomic E-state index is 12.2. The molecule has 2 atom stereocenters. The van der Waals surface area contributed by atoms with Gasteiger partial charge in [0.05, 0.1) is 36.8 Å². The fraction of sp³-hybridized carbons (Fsp3) is 0.875. The first-order valence-electron chi connectivity index (χ1n) is 12.2. The summed E-state index contributed by atoms with van der Waals surface area (Å²) in [6, 6.07) is 0. The lowest BCUT2D eigenvalue weighted by molar-refractivity contribution is -0.169. The standard InChI is InChI=1S/C24H46NO11P/c1-17(2)19(26)31-15-18(35-20(27)22(3,4)5)16-34-37(29,30)33-14-12-25-21(28)36-24(9,10)11-13-32-23(6,7)8/h17-18H,11-16H2,1-10H3,(H,25,28)(H,29,30). The van der Waals surface area contributed by atoms with Crippen LogP contribution in [0.2, 0.25) is 0 Å². The van der Waals surface area contributed by atoms with E-state index in [1.807, 2.05) is 20.8 Å². The predicted octanol–water partition coefficient (Wildman–Crippen LogP) is 3.99. The number of hydrogen-bond acceptors (Lipinski definition) is 10. The first kappa shape index (κ1) is 35.3. The van der Waals surface area contributed by atoms with E-state index in [9.17, 15) is 23.8 Å². The third-order valence-electron chi connectivity index (χ3n) is 4.43. The van der Waals surface area contributed by atoms with Crippen molar-refractivity contribution in [2.75, 3.05) is 33.0 Å². The van der Waals surface area contributed by atoms with Crippen molar-refractivity contribution in [2.45, 2.75) is 93.0 Å². The van der Waals surface area contributed by atoms with Crippen molar-refractivity contribution in [2.24, 2.45) is 11.3 Å². The van der Waals surface area contributed by atoms with Gasteiger partial charge in [0.1, 0.15) is 12.2 Å². The summed E-state index contributed by atoms with van der Waals surface area (Å²) in [5.41, 5.74) is -1.94. The molecule has 0 aromatic rings. The van der Waals surface area contributed by atoms with E-state index in [-0.39, 0.29) is 25.4 Å². The molecule has 0 aliphatic heterocycles. The lowest BCUT2D eigenvalue weighted by atomic mass is 9.97. The Morgan fingerprint density at radius 1 is 0.919 bits per heavy atom. The van der Waals surface area contributed by atoms with Crippen molar-refractivity contribution in [3.8, 4) is 0 Å². The Morgan fingerprint density at radius 2 is 1.51 bits per heavy atom. The second kappa shape index (κ2) is 15.0. The van der Waals surface area contributed by atoms with Crippen LogP contribution in [0.25, 0.3) is 0 Å². The minimum atomic E-state index is -4.57. The van der Waals surface area contributed by atoms with Crippen LogP contribution in [0, 0.1) is 11.3 Å². The summed E-state index contributed by atoms with van der Waals surface area (Å²) >= 11 is 0. The SMILES string of the molecule is CC(C)C(=O)OCC(COP(=O)(O)OCCNC(=O)OC(C)(C)CCOC(C)(C)C)OC(=O)C(C)(C)C. The number of hydrogen-bond donors (Lipinski definition) is 2. The molecule has 1 amide bonds. The van der Waals surface area contributed by atoms with E-state index < -0.39 is 55.5 Å². The van der Waals surface area contributed by atoms with Crippen molar-refractivity contribution in [1.29, 1.82) is 0 Å². The molecule has 0 saturated carbocycles. The van der Waals surface area contributed by atoms with Crippen molar-refractivity contribution in [3.63, 3.8) is 0 Å². The Labute approximate surface area is 220 Å². The third kappa shape index (κ3) is 18.2. The fourth-order valence-electron chi connectivity index (χ4n) is 2.26. The second-order valence-corrected chi connectivity index (χ2v) is 12.9. The van der Waals surface area contributed by atoms with Crippen molar-refractivity contribution >= 4 is 25.9 Å². The summed E-state index contributed by atoms with van der Waals surface area (Å²) in [5, 5.41) is 2.43. The zero-order valence-corrected chi connectivity index (χ0v) is 24.8. The Kier molecular flexibility index (Phi) is 14.3. The van der Waals surface area contributed by atoms with Crippen LogP contribution in [-0.2, 0) is 42.1 Å². The van der Waals surface area contributed by atoms with Gasteiger partial charge in [0.25, 0.3) is 0 Å². The molecule has 0 aromatic heterocycles. The molecule has 0 heterocycles. The zero-order valence-electron chi connectivity index (χ0n) is 23.9. The van der Waals surface area contributed by atoms with Crippen LogP contribution in [-0.4, -0.2) is 73.2 Å². The molecule has 0 aliphatic rings. The van der Waals surface area contributed by atoms with Crippen molar-refractivity contribution in [3.05, 3.63) is 0 Å². The molecule has 0 aromatic carbocycles. The summed E-state index contributed by atoms with van der Waals surface area (Å²) in [6.45, 7) is 16.4. The number of esters is 2. The second-order valence-electron chi connectivity index (χ2n) is 11.4. The summed E-state index contributed by atoms with van der Waals surface area (Å²) in [6.07, 6.45) is -1.38. The molecule has 0 radical (unpaired) electrons. The molecule has 0 aliphatic carbocycles. The van der Waals surface area contributed by atoms with Gasteiger partial charge in [-0.1, -0.05) is 13.8 Å². The molecule has 0 fully saturated rings. The highest BCUT2D eigenvalue weighted by Crippen LogP contribution is 2.43. The summed E-state index contributed by atoms with van der Waals surface area (Å²) in [4.78, 5) is 45.9. The van der Waals surface area contributed by atoms with Gasteiger partial charge in [-0.25, -0.2) is 9.36 Å². The molecule has 0 spiro atoms. The van der Waals surface area contributed by atoms with Crippen molar-refractivity contribution in [1.82, 2.24) is 5.32 Å². The number of phosphoric acid groups is 1. The normalized spacial score (nSPS) is 15.0. The lowest BCUT2D eigenvalue weighted by Gasteiger charge is -2.27. The number of nitrogens with one attached hydrogen (secondary N) is 1. The molecule has 37 heavy (non-hydrogen) atoms. The smallest absolute Gasteiger partial charge is 0.461 e. The first-order valence-corrected chi connectivity index (χ1v) is 13.7. The van der Waals surface area contributed by atoms with Crippen LogP contribution in [0.1, 0.15) is 75.7 Å². The Hall–Kier alpha value is -1.72. The average Bonchev–Trinajstić information content (AvgIpc) is 2.70. The largest absolute Gasteiger partial charge is 0.472 e. The molecule has 2 unspecified atom stereocenters. The predicted molar refractivity (Wildman–Crippen MR) is 136 cm³/mol. The number of carbonyl (C=O) groups is 3. The van der Waals surface area contributed by atoms with E-state index in [0.717, 1.165) is 0 Å². The van der Waals surface area contributed by atoms with E-state index >= 15 is 0 Å². The first-order chi connectivity index (χ1) is 16.6. The number of amides is 1. The van der Waals surface area contributed by atoms with Crippen LogP contribution in [0.15, 0.2) is 0 Å². The van der Waals surface area contributed by atoms with Crippen molar-refractivity contribution < 1.29 is 51.8 Å². The molecule has 218 valence electrons. The van der Waals surface area contributed by atoms with Gasteiger partial charge in [-0.05, 0) is 55.4 Å². The fourth-order valence-corrected chi connectivity index (χ4v) is 3.01. The van der Waals surface area contributed by atoms with Gasteiger partial charge in [0.15, 0.2) is 6.10 Å². The highest BCUT2D eigenvalue weighted by molar-refractivity contribution is 7.47. The zero-order chi connectivity index (χ0) is 29.1. The summed E-state index contributed by atoms with van der Waals surface area (Å²) in [7, 11) is -4.57. The van der Waals surface area contributed by atoms with Gasteiger partial charge in [-0.15, -0.1) is 0 Å². The number of alkyl carbamates (subject to hydrolysis) is 1. The van der Waals surface area contributed by atoms with Crippen LogP contribution >= 0.6 is 7.82 Å². The molecular weight excluding hydrogens is 509 g/mol. The number of carbonyl (C=O) groups excluding carboxylic acids is 3. The number of rotatable bonds is 15. The molecule has 0 bridgehead atoms. The Bertz CT molecular complexity index is 785. The molecule has 2 N–H and O–H groups in total. The number of ether oxygens (including phenoxy) is 4. The molecular formula is C24H46NO11P. The van der Waals surface area contributed by atoms with E-state index in [2.05, 4.69) is 5.32 Å². The molecule has 12 nitrogen and oxygen atoms in total. The van der Waals surface area contributed by atoms with Gasteiger partial charge in [0, 0.05) is 13.0 Å². The Morgan fingerprint density at radius 3 is 2.03 bits per heavy atom. The van der Waals surface area contributed by atoms with E-state index in [4.69, 9.17) is 28.0 Å². The van der Waals surface area contributed by atoms with Gasteiger partial charge in [0.2, 0.25) is 0 Å². The van der Waals surface area contributed by atoms with E-state index in [0.29, 0.717) is 13.0 Å². The highest BCUT2D eigenvalue weighted by atomic mass is 31.2. The van der Waals surface area contributed by atoms with Gasteiger partial charge in [-0.2, -0.15) is 0 Å². The monoisotopic (exact) mass is 555 g/mol. The quantitative estimate of drug-likeness (QED) is 0.130. The maximum Gasteiger partial charge on any atom is 0.472 e. The van der Waals surface area contributed by atoms with Crippen LogP contribution in [0.5, 0.6) is 0 Å². The van der Waals surface area contributed by atoms with E-state index in [1.54, 1.807) is 48.5 Å². The van der Waals surface area contributed by atoms with Gasteiger partial charge in [-0.3, -0.25) is 18.6 Å². The molecule has 0 rings (SSSR count). The minimum absolute atomic E-state index is 0.129. The molecule has 13 heteroatoms. The highest BCUT2D eigenvalue weighted by Gasteiger charge is 2.30. The van der Waals surface area contributed by atoms with Crippen LogP contribution < -0.4 is 5.32 Å². The average molecular weight is 556 g/mol. The van der Waals surface area contributed by atoms with Crippen LogP contribution in [0.4, 0.5) is 4.79 Å². The summed E-state index contributed by atoms with van der Waals surface area (Å²) < 4.78 is 43.3. The van der Waals surface area contributed by atoms with Crippen LogP contribution in [0.3, 0.4) is 0 Å². The Balaban J connectivity index is 4.62. The van der Waals surface area contributed by atoms with Gasteiger partial charge >= 0.3 is 25.9 Å². The number of phosphoric ester groups is 1. The maximum absolute atomic E-state index is 12.2. The molecule has 0 saturated heterocycles. The third-order valence-corrected chi connectivity index (χ3v) is 5.41. The minimum Gasteiger partial charge on any atom is -0.461 e. The van der Waals surface area contributed by atoms with Gasteiger partial charge < -0.3 is 29.2 Å².